The van der Waals surface area contributed by atoms with Crippen LogP contribution in [0.5, 0.6) is 0 Å². The number of likely N-dealkylation sites (N-methyl/N-ethyl adjacent to an activating group) is 1. The zero-order valence-corrected chi connectivity index (χ0v) is 8.94. The second-order valence-corrected chi connectivity index (χ2v) is 3.87. The van der Waals surface area contributed by atoms with Gasteiger partial charge < -0.3 is 15.5 Å². The van der Waals surface area contributed by atoms with E-state index in [2.05, 4.69) is 0 Å². The monoisotopic (exact) mass is 197 g/mol. The van der Waals surface area contributed by atoms with Gasteiger partial charge in [-0.3, -0.25) is 4.79 Å². The number of hydrogen-bond acceptors (Lipinski definition) is 3. The van der Waals surface area contributed by atoms with Gasteiger partial charge in [0.2, 0.25) is 5.91 Å². The standard InChI is InChI=1S/C10H19N3O/c1-12(2)6-3-4-10(14)13-7-5-9(13)8-11/h3-4,9H,5-8,11H2,1-2H3/b4-3+. The van der Waals surface area contributed by atoms with E-state index in [1.807, 2.05) is 30.0 Å². The lowest BCUT2D eigenvalue weighted by Crippen LogP contribution is -2.54. The summed E-state index contributed by atoms with van der Waals surface area (Å²) in [6.07, 6.45) is 4.57. The smallest absolute Gasteiger partial charge is 0.246 e. The van der Waals surface area contributed by atoms with E-state index in [1.165, 1.54) is 0 Å². The molecule has 2 N–H and O–H groups in total. The molecule has 4 nitrogen and oxygen atoms in total. The van der Waals surface area contributed by atoms with Crippen LogP contribution in [0.3, 0.4) is 0 Å². The minimum atomic E-state index is 0.0913. The first-order valence-corrected chi connectivity index (χ1v) is 4.97. The Hall–Kier alpha value is -0.870. The molecule has 1 amide bonds. The first kappa shape index (κ1) is 11.2. The molecule has 1 aliphatic heterocycles. The Labute approximate surface area is 85.3 Å². The molecule has 0 aromatic heterocycles. The van der Waals surface area contributed by atoms with Gasteiger partial charge >= 0.3 is 0 Å². The van der Waals surface area contributed by atoms with Crippen molar-refractivity contribution in [2.45, 2.75) is 12.5 Å². The third-order valence-electron chi connectivity index (χ3n) is 2.43. The maximum atomic E-state index is 11.5. The lowest BCUT2D eigenvalue weighted by atomic mass is 10.0. The van der Waals surface area contributed by atoms with Crippen molar-refractivity contribution in [1.82, 2.24) is 9.80 Å². The lowest BCUT2D eigenvalue weighted by molar-refractivity contribution is -0.133. The molecule has 1 aliphatic rings. The predicted molar refractivity (Wildman–Crippen MR) is 56.9 cm³/mol. The van der Waals surface area contributed by atoms with Crippen molar-refractivity contribution in [1.29, 1.82) is 0 Å². The molecule has 80 valence electrons. The Balaban J connectivity index is 2.31. The van der Waals surface area contributed by atoms with Crippen LogP contribution >= 0.6 is 0 Å². The molecule has 1 atom stereocenters. The number of nitrogens with two attached hydrogens (primary N) is 1. The average molecular weight is 197 g/mol. The van der Waals surface area contributed by atoms with Crippen molar-refractivity contribution in [2.75, 3.05) is 33.7 Å². The molecule has 0 bridgehead atoms. The molecule has 0 aromatic rings. The normalized spacial score (nSPS) is 21.7. The van der Waals surface area contributed by atoms with Gasteiger partial charge in [0.05, 0.1) is 0 Å². The first-order valence-electron chi connectivity index (χ1n) is 4.97. The number of carbonyl (C=O) groups excluding carboxylic acids is 1. The maximum Gasteiger partial charge on any atom is 0.246 e. The van der Waals surface area contributed by atoms with Crippen molar-refractivity contribution in [3.05, 3.63) is 12.2 Å². The lowest BCUT2D eigenvalue weighted by Gasteiger charge is -2.39. The molecule has 0 aromatic carbocycles. The van der Waals surface area contributed by atoms with Crippen molar-refractivity contribution in [2.24, 2.45) is 5.73 Å². The minimum absolute atomic E-state index is 0.0913. The zero-order valence-electron chi connectivity index (χ0n) is 8.94. The molecule has 14 heavy (non-hydrogen) atoms. The van der Waals surface area contributed by atoms with Crippen LogP contribution in [0.25, 0.3) is 0 Å². The Morgan fingerprint density at radius 2 is 2.36 bits per heavy atom. The molecular weight excluding hydrogens is 178 g/mol. The van der Waals surface area contributed by atoms with Gasteiger partial charge in [-0.2, -0.15) is 0 Å². The fourth-order valence-corrected chi connectivity index (χ4v) is 1.44. The van der Waals surface area contributed by atoms with E-state index < -0.39 is 0 Å². The van der Waals surface area contributed by atoms with E-state index in [-0.39, 0.29) is 11.9 Å². The molecule has 1 rings (SSSR count). The van der Waals surface area contributed by atoms with Gasteiger partial charge in [0, 0.05) is 31.8 Å². The van der Waals surface area contributed by atoms with Crippen LogP contribution in [0.2, 0.25) is 0 Å². The van der Waals surface area contributed by atoms with E-state index in [9.17, 15) is 4.79 Å². The Kier molecular flexibility index (Phi) is 4.10. The second-order valence-electron chi connectivity index (χ2n) is 3.87. The van der Waals surface area contributed by atoms with Crippen LogP contribution in [0.15, 0.2) is 12.2 Å². The number of nitrogens with zero attached hydrogens (tertiary/aromatic N) is 2. The summed E-state index contributed by atoms with van der Waals surface area (Å²) in [6.45, 7) is 2.23. The van der Waals surface area contributed by atoms with Crippen molar-refractivity contribution in [3.63, 3.8) is 0 Å². The van der Waals surface area contributed by atoms with E-state index in [4.69, 9.17) is 5.73 Å². The molecular formula is C10H19N3O. The summed E-state index contributed by atoms with van der Waals surface area (Å²) in [5, 5.41) is 0. The van der Waals surface area contributed by atoms with Gasteiger partial charge in [-0.05, 0) is 20.5 Å². The van der Waals surface area contributed by atoms with Crippen molar-refractivity contribution >= 4 is 5.91 Å². The summed E-state index contributed by atoms with van der Waals surface area (Å²) in [4.78, 5) is 15.4. The quantitative estimate of drug-likeness (QED) is 0.627. The number of likely N-dealkylation sites (tertiary alicyclic amines) is 1. The zero-order chi connectivity index (χ0) is 10.6. The van der Waals surface area contributed by atoms with Crippen LogP contribution in [0.4, 0.5) is 0 Å². The highest BCUT2D eigenvalue weighted by atomic mass is 16.2. The molecule has 1 unspecified atom stereocenters. The summed E-state index contributed by atoms with van der Waals surface area (Å²) in [5.74, 6) is 0.0913. The fraction of sp³-hybridized carbons (Fsp3) is 0.700. The summed E-state index contributed by atoms with van der Waals surface area (Å²) < 4.78 is 0. The summed E-state index contributed by atoms with van der Waals surface area (Å²) in [5.41, 5.74) is 5.51. The van der Waals surface area contributed by atoms with Gasteiger partial charge in [-0.1, -0.05) is 6.08 Å². The third-order valence-corrected chi connectivity index (χ3v) is 2.43. The largest absolute Gasteiger partial charge is 0.335 e. The molecule has 4 heteroatoms. The Morgan fingerprint density at radius 1 is 1.64 bits per heavy atom. The van der Waals surface area contributed by atoms with Gasteiger partial charge in [0.15, 0.2) is 0 Å². The van der Waals surface area contributed by atoms with Crippen LogP contribution in [0.1, 0.15) is 6.42 Å². The van der Waals surface area contributed by atoms with Gasteiger partial charge in [0.25, 0.3) is 0 Å². The predicted octanol–water partition coefficient (Wildman–Crippen LogP) is -0.336. The summed E-state index contributed by atoms with van der Waals surface area (Å²) in [7, 11) is 3.95. The highest BCUT2D eigenvalue weighted by Crippen LogP contribution is 2.16. The van der Waals surface area contributed by atoms with Crippen LogP contribution < -0.4 is 5.73 Å². The molecule has 1 fully saturated rings. The fourth-order valence-electron chi connectivity index (χ4n) is 1.44. The van der Waals surface area contributed by atoms with E-state index in [0.29, 0.717) is 6.54 Å². The minimum Gasteiger partial charge on any atom is -0.335 e. The van der Waals surface area contributed by atoms with E-state index >= 15 is 0 Å². The van der Waals surface area contributed by atoms with E-state index in [1.54, 1.807) is 6.08 Å². The van der Waals surface area contributed by atoms with Gasteiger partial charge in [-0.25, -0.2) is 0 Å². The second kappa shape index (κ2) is 5.12. The topological polar surface area (TPSA) is 49.6 Å². The summed E-state index contributed by atoms with van der Waals surface area (Å²) >= 11 is 0. The molecule has 0 radical (unpaired) electrons. The third kappa shape index (κ3) is 2.82. The van der Waals surface area contributed by atoms with Crippen LogP contribution in [-0.2, 0) is 4.79 Å². The number of amides is 1. The van der Waals surface area contributed by atoms with Crippen molar-refractivity contribution in [3.8, 4) is 0 Å². The van der Waals surface area contributed by atoms with Crippen LogP contribution in [-0.4, -0.2) is 55.5 Å². The summed E-state index contributed by atoms with van der Waals surface area (Å²) in [6, 6.07) is 0.270. The first-order chi connectivity index (χ1) is 6.65. The van der Waals surface area contributed by atoms with Crippen LogP contribution in [0, 0.1) is 0 Å². The highest BCUT2D eigenvalue weighted by molar-refractivity contribution is 5.88. The van der Waals surface area contributed by atoms with E-state index in [0.717, 1.165) is 19.5 Å². The molecule has 1 saturated heterocycles. The molecule has 1 heterocycles. The number of carbonyl (C=O) groups is 1. The molecule has 0 aliphatic carbocycles. The van der Waals surface area contributed by atoms with Gasteiger partial charge in [-0.15, -0.1) is 0 Å². The molecule has 0 saturated carbocycles. The maximum absolute atomic E-state index is 11.5. The SMILES string of the molecule is CN(C)C/C=C/C(=O)N1CCC1CN. The average Bonchev–Trinajstić information content (AvgIpc) is 2.02. The van der Waals surface area contributed by atoms with Crippen molar-refractivity contribution < 1.29 is 4.79 Å². The number of rotatable bonds is 4. The highest BCUT2D eigenvalue weighted by Gasteiger charge is 2.29. The Bertz CT molecular complexity index is 223. The van der Waals surface area contributed by atoms with Gasteiger partial charge in [0.1, 0.15) is 0 Å². The number of hydrogen-bond donors (Lipinski definition) is 1. The Morgan fingerprint density at radius 3 is 2.79 bits per heavy atom. The molecule has 0 spiro atoms.